The number of hydrogen-bond acceptors (Lipinski definition) is 4. The molecule has 1 aromatic heterocycles. The van der Waals surface area contributed by atoms with Gasteiger partial charge in [0.15, 0.2) is 5.82 Å². The van der Waals surface area contributed by atoms with Gasteiger partial charge in [-0.25, -0.2) is 4.68 Å². The lowest BCUT2D eigenvalue weighted by atomic mass is 10.1. The van der Waals surface area contributed by atoms with Gasteiger partial charge in [0.05, 0.1) is 23.9 Å². The molecule has 3 aromatic rings. The van der Waals surface area contributed by atoms with Gasteiger partial charge in [-0.05, 0) is 30.2 Å². The van der Waals surface area contributed by atoms with Gasteiger partial charge in [0.1, 0.15) is 0 Å². The molecular formula is C25H22F6N4O2. The molecule has 2 heterocycles. The van der Waals surface area contributed by atoms with Crippen molar-refractivity contribution in [3.8, 4) is 16.9 Å². The topological polar surface area (TPSA) is 68.2 Å². The lowest BCUT2D eigenvalue weighted by Crippen LogP contribution is -2.44. The van der Waals surface area contributed by atoms with Crippen LogP contribution in [-0.2, 0) is 16.1 Å². The van der Waals surface area contributed by atoms with E-state index in [2.05, 4.69) is 27.0 Å². The Morgan fingerprint density at radius 2 is 1.78 bits per heavy atom. The molecule has 1 aliphatic rings. The van der Waals surface area contributed by atoms with Crippen molar-refractivity contribution in [3.63, 3.8) is 0 Å². The number of aromatic nitrogens is 2. The molecule has 4 rings (SSSR count). The van der Waals surface area contributed by atoms with Gasteiger partial charge in [-0.2, -0.15) is 26.3 Å². The summed E-state index contributed by atoms with van der Waals surface area (Å²) in [6, 6.07) is 16.3. The third-order valence-corrected chi connectivity index (χ3v) is 5.66. The zero-order valence-corrected chi connectivity index (χ0v) is 19.2. The van der Waals surface area contributed by atoms with Gasteiger partial charge >= 0.3 is 12.4 Å². The van der Waals surface area contributed by atoms with E-state index in [4.69, 9.17) is 0 Å². The van der Waals surface area contributed by atoms with Crippen LogP contribution in [-0.4, -0.2) is 40.7 Å². The maximum Gasteiger partial charge on any atom is 0.423 e. The Labute approximate surface area is 207 Å². The fraction of sp³-hybridized carbons (Fsp3) is 0.280. The number of hydrogen-bond donors (Lipinski definition) is 2. The highest BCUT2D eigenvalue weighted by Gasteiger charge is 2.57. The second-order valence-corrected chi connectivity index (χ2v) is 8.51. The third-order valence-electron chi connectivity index (χ3n) is 5.66. The molecule has 0 aliphatic carbocycles. The Morgan fingerprint density at radius 3 is 2.41 bits per heavy atom. The van der Waals surface area contributed by atoms with Crippen LogP contribution in [0.1, 0.15) is 12.0 Å². The minimum atomic E-state index is -5.60. The van der Waals surface area contributed by atoms with E-state index in [0.29, 0.717) is 29.9 Å². The number of amides is 1. The number of allylic oxidation sites excluding steroid dienone is 1. The fourth-order valence-corrected chi connectivity index (χ4v) is 3.91. The molecule has 0 saturated carbocycles. The number of nitrogens with one attached hydrogen (secondary N) is 2. The summed E-state index contributed by atoms with van der Waals surface area (Å²) in [7, 11) is 0. The van der Waals surface area contributed by atoms with Gasteiger partial charge in [0.2, 0.25) is 12.0 Å². The van der Waals surface area contributed by atoms with Crippen molar-refractivity contribution in [2.75, 3.05) is 11.9 Å². The summed E-state index contributed by atoms with van der Waals surface area (Å²) in [6.07, 6.45) is -14.6. The molecule has 2 N–H and O–H groups in total. The van der Waals surface area contributed by atoms with E-state index in [9.17, 15) is 31.1 Å². The van der Waals surface area contributed by atoms with E-state index in [1.165, 1.54) is 22.9 Å². The Morgan fingerprint density at radius 1 is 1.08 bits per heavy atom. The molecule has 1 atom stereocenters. The van der Waals surface area contributed by atoms with Gasteiger partial charge in [-0.15, -0.1) is 5.10 Å². The van der Waals surface area contributed by atoms with Crippen molar-refractivity contribution in [2.24, 2.45) is 5.92 Å². The minimum absolute atomic E-state index is 0.0953. The smallest absolute Gasteiger partial charge is 0.388 e. The third kappa shape index (κ3) is 6.31. The molecular weight excluding hydrogens is 502 g/mol. The first-order chi connectivity index (χ1) is 17.4. The molecule has 0 spiro atoms. The average molecular weight is 524 g/mol. The quantitative estimate of drug-likeness (QED) is 0.395. The zero-order chi connectivity index (χ0) is 26.8. The van der Waals surface area contributed by atoms with Gasteiger partial charge in [0.25, 0.3) is 0 Å². The first kappa shape index (κ1) is 26.3. The van der Waals surface area contributed by atoms with Crippen LogP contribution in [0.15, 0.2) is 72.9 Å². The van der Waals surface area contributed by atoms with E-state index in [1.54, 1.807) is 42.5 Å². The van der Waals surface area contributed by atoms with E-state index in [1.807, 2.05) is 0 Å². The average Bonchev–Trinajstić information content (AvgIpc) is 3.45. The maximum absolute atomic E-state index is 12.8. The number of rotatable bonds is 7. The summed E-state index contributed by atoms with van der Waals surface area (Å²) in [5, 5.41) is 10.3. The van der Waals surface area contributed by atoms with Gasteiger partial charge in [-0.3, -0.25) is 4.79 Å². The number of carbonyl (C=O) groups is 1. The maximum atomic E-state index is 12.8. The fourth-order valence-electron chi connectivity index (χ4n) is 3.91. The van der Waals surface area contributed by atoms with Crippen molar-refractivity contribution in [1.29, 1.82) is 0 Å². The lowest BCUT2D eigenvalue weighted by Gasteiger charge is -2.23. The van der Waals surface area contributed by atoms with Gasteiger partial charge in [-0.1, -0.05) is 43.0 Å². The summed E-state index contributed by atoms with van der Waals surface area (Å²) in [4.78, 5) is 12.7. The first-order valence-corrected chi connectivity index (χ1v) is 11.1. The molecule has 1 amide bonds. The number of para-hydroxylation sites is 1. The molecule has 6 nitrogen and oxygen atoms in total. The molecule has 0 unspecified atom stereocenters. The monoisotopic (exact) mass is 524 g/mol. The summed E-state index contributed by atoms with van der Waals surface area (Å²) >= 11 is 0. The molecule has 0 bridgehead atoms. The molecule has 37 heavy (non-hydrogen) atoms. The van der Waals surface area contributed by atoms with Gasteiger partial charge in [0, 0.05) is 23.9 Å². The molecule has 1 aliphatic heterocycles. The molecule has 2 aromatic carbocycles. The summed E-state index contributed by atoms with van der Waals surface area (Å²) in [5.74, 6) is -0.353. The Bertz CT molecular complexity index is 1260. The minimum Gasteiger partial charge on any atom is -0.388 e. The number of carbonyl (C=O) groups excluding carboxylic acids is 1. The SMILES string of the molecule is C=C1C[C@H](C(=O)Nc2cc(-c3cccc(COC(C(F)(F)F)C(F)(F)F)c3)n(-c3ccccc3)n2)CN1. The zero-order valence-electron chi connectivity index (χ0n) is 19.2. The van der Waals surface area contributed by atoms with Gasteiger partial charge < -0.3 is 15.4 Å². The first-order valence-electron chi connectivity index (χ1n) is 11.1. The van der Waals surface area contributed by atoms with E-state index < -0.39 is 25.1 Å². The van der Waals surface area contributed by atoms with Crippen LogP contribution in [0.2, 0.25) is 0 Å². The second kappa shape index (κ2) is 10.3. The number of alkyl halides is 6. The highest BCUT2D eigenvalue weighted by atomic mass is 19.4. The summed E-state index contributed by atoms with van der Waals surface area (Å²) in [6.45, 7) is 3.33. The molecule has 0 radical (unpaired) electrons. The predicted octanol–water partition coefficient (Wildman–Crippen LogP) is 5.61. The largest absolute Gasteiger partial charge is 0.423 e. The van der Waals surface area contributed by atoms with Crippen LogP contribution in [0.5, 0.6) is 0 Å². The van der Waals surface area contributed by atoms with Crippen molar-refractivity contribution in [2.45, 2.75) is 31.5 Å². The van der Waals surface area contributed by atoms with Crippen molar-refractivity contribution >= 4 is 11.7 Å². The number of nitrogens with zero attached hydrogens (tertiary/aromatic N) is 2. The molecule has 1 fully saturated rings. The Hall–Kier alpha value is -3.80. The lowest BCUT2D eigenvalue weighted by molar-refractivity contribution is -0.324. The van der Waals surface area contributed by atoms with E-state index in [0.717, 1.165) is 5.70 Å². The number of anilines is 1. The highest BCUT2D eigenvalue weighted by molar-refractivity contribution is 5.93. The Kier molecular flexibility index (Phi) is 7.30. The summed E-state index contributed by atoms with van der Waals surface area (Å²) < 4.78 is 82.8. The van der Waals surface area contributed by atoms with Crippen LogP contribution in [0.25, 0.3) is 16.9 Å². The molecule has 1 saturated heterocycles. The summed E-state index contributed by atoms with van der Waals surface area (Å²) in [5.41, 5.74) is 2.39. The number of benzene rings is 2. The van der Waals surface area contributed by atoms with Crippen LogP contribution >= 0.6 is 0 Å². The number of ether oxygens (including phenoxy) is 1. The Balaban J connectivity index is 1.62. The van der Waals surface area contributed by atoms with Crippen molar-refractivity contribution < 1.29 is 35.9 Å². The van der Waals surface area contributed by atoms with Crippen LogP contribution < -0.4 is 10.6 Å². The van der Waals surface area contributed by atoms with Crippen molar-refractivity contribution in [1.82, 2.24) is 15.1 Å². The van der Waals surface area contributed by atoms with Crippen LogP contribution in [0.4, 0.5) is 32.2 Å². The van der Waals surface area contributed by atoms with Crippen LogP contribution in [0, 0.1) is 5.92 Å². The molecule has 12 heteroatoms. The highest BCUT2D eigenvalue weighted by Crippen LogP contribution is 2.36. The van der Waals surface area contributed by atoms with E-state index in [-0.39, 0.29) is 23.2 Å². The van der Waals surface area contributed by atoms with Crippen LogP contribution in [0.3, 0.4) is 0 Å². The molecule has 196 valence electrons. The van der Waals surface area contributed by atoms with Crippen molar-refractivity contribution in [3.05, 3.63) is 78.5 Å². The normalized spacial score (nSPS) is 16.2. The van der Waals surface area contributed by atoms with E-state index >= 15 is 0 Å². The number of halogens is 6. The second-order valence-electron chi connectivity index (χ2n) is 8.51. The standard InChI is InChI=1S/C25H22F6N4O2/c1-15-10-18(13-32-15)22(36)33-21-12-20(35(34-21)19-8-3-2-4-9-19)17-7-5-6-16(11-17)14-37-23(24(26,27)28)25(29,30)31/h2-9,11-12,18,23,32H,1,10,13-14H2,(H,33,34,36)/t18-/m0/s1. The predicted molar refractivity (Wildman–Crippen MR) is 124 cm³/mol.